The van der Waals surface area contributed by atoms with Crippen LogP contribution in [-0.4, -0.2) is 34.8 Å². The van der Waals surface area contributed by atoms with Gasteiger partial charge in [0.15, 0.2) is 0 Å². The number of azo groups is 1. The van der Waals surface area contributed by atoms with Crippen molar-refractivity contribution in [2.45, 2.75) is 79.2 Å². The smallest absolute Gasteiger partial charge is 0.323 e. The third-order valence-electron chi connectivity index (χ3n) is 8.68. The standard InChI is InChI=1S/C42H48N6O5/c1-7-8-21-48-40-34(19-13-20-43-40)37(30-15-12-18-33(24-30)53-23-14-22-52-29(6)49)39(41(48)50)45-42(51)44-38-35(27(2)3)25-32(26-36(38)28(4)5)47-46-31-16-10-9-11-17-31/h9-13,15-20,24-28H,7-8,14,21-23H2,1-6H3,(H2,44,45,51). The maximum atomic E-state index is 14.4. The second-order valence-electron chi connectivity index (χ2n) is 13.4. The maximum absolute atomic E-state index is 14.4. The highest BCUT2D eigenvalue weighted by atomic mass is 16.5. The predicted molar refractivity (Wildman–Crippen MR) is 211 cm³/mol. The van der Waals surface area contributed by atoms with Crippen LogP contribution in [0.1, 0.15) is 83.8 Å². The molecule has 3 aromatic carbocycles. The van der Waals surface area contributed by atoms with Gasteiger partial charge in [-0.05, 0) is 83.5 Å². The number of fused-ring (bicyclic) bond motifs is 1. The van der Waals surface area contributed by atoms with Gasteiger partial charge >= 0.3 is 12.0 Å². The van der Waals surface area contributed by atoms with Crippen molar-refractivity contribution >= 4 is 45.8 Å². The molecule has 0 saturated carbocycles. The van der Waals surface area contributed by atoms with Crippen molar-refractivity contribution in [2.75, 3.05) is 23.8 Å². The lowest BCUT2D eigenvalue weighted by atomic mass is 9.92. The van der Waals surface area contributed by atoms with Gasteiger partial charge in [-0.2, -0.15) is 10.2 Å². The number of urea groups is 1. The van der Waals surface area contributed by atoms with Crippen LogP contribution in [-0.2, 0) is 16.1 Å². The summed E-state index contributed by atoms with van der Waals surface area (Å²) in [6.07, 6.45) is 3.82. The Bertz CT molecular complexity index is 2110. The molecule has 0 saturated heterocycles. The van der Waals surface area contributed by atoms with Crippen LogP contribution in [0.2, 0.25) is 0 Å². The highest BCUT2D eigenvalue weighted by Crippen LogP contribution is 2.38. The summed E-state index contributed by atoms with van der Waals surface area (Å²) < 4.78 is 12.7. The first-order chi connectivity index (χ1) is 25.6. The van der Waals surface area contributed by atoms with E-state index in [0.29, 0.717) is 58.9 Å². The third-order valence-corrected chi connectivity index (χ3v) is 8.68. The van der Waals surface area contributed by atoms with Crippen molar-refractivity contribution in [2.24, 2.45) is 10.2 Å². The lowest BCUT2D eigenvalue weighted by Gasteiger charge is -2.22. The Hall–Kier alpha value is -5.84. The van der Waals surface area contributed by atoms with Gasteiger partial charge in [-0.25, -0.2) is 9.78 Å². The van der Waals surface area contributed by atoms with E-state index in [1.807, 2.05) is 78.9 Å². The largest absolute Gasteiger partial charge is 0.493 e. The number of nitrogens with one attached hydrogen (secondary N) is 2. The Morgan fingerprint density at radius 2 is 1.51 bits per heavy atom. The molecule has 0 fully saturated rings. The zero-order valence-electron chi connectivity index (χ0n) is 31.3. The number of aryl methyl sites for hydroxylation is 1. The molecule has 0 aliphatic rings. The van der Waals surface area contributed by atoms with E-state index in [0.717, 1.165) is 29.7 Å². The van der Waals surface area contributed by atoms with Crippen molar-refractivity contribution in [3.63, 3.8) is 0 Å². The molecule has 0 aliphatic heterocycles. The van der Waals surface area contributed by atoms with Crippen LogP contribution in [0.15, 0.2) is 100 Å². The highest BCUT2D eigenvalue weighted by Gasteiger charge is 2.23. The number of amides is 2. The van der Waals surface area contributed by atoms with Crippen molar-refractivity contribution in [1.29, 1.82) is 0 Å². The van der Waals surface area contributed by atoms with Gasteiger partial charge in [-0.15, -0.1) is 0 Å². The summed E-state index contributed by atoms with van der Waals surface area (Å²) in [4.78, 5) is 44.3. The lowest BCUT2D eigenvalue weighted by Crippen LogP contribution is -2.30. The van der Waals surface area contributed by atoms with E-state index < -0.39 is 6.03 Å². The first-order valence-electron chi connectivity index (χ1n) is 18.2. The quantitative estimate of drug-likeness (QED) is 0.0629. The average molecular weight is 717 g/mol. The van der Waals surface area contributed by atoms with Gasteiger partial charge in [-0.3, -0.25) is 14.2 Å². The van der Waals surface area contributed by atoms with Crippen molar-refractivity contribution in [3.05, 3.63) is 107 Å². The van der Waals surface area contributed by atoms with E-state index in [-0.39, 0.29) is 35.7 Å². The zero-order valence-corrected chi connectivity index (χ0v) is 31.3. The predicted octanol–water partition coefficient (Wildman–Crippen LogP) is 10.5. The Labute approximate surface area is 310 Å². The van der Waals surface area contributed by atoms with E-state index in [4.69, 9.17) is 9.47 Å². The lowest BCUT2D eigenvalue weighted by molar-refractivity contribution is -0.141. The molecule has 0 aliphatic carbocycles. The minimum atomic E-state index is -0.547. The second kappa shape index (κ2) is 18.1. The normalized spacial score (nSPS) is 11.4. The van der Waals surface area contributed by atoms with E-state index in [9.17, 15) is 14.4 Å². The number of carbonyl (C=O) groups is 2. The number of unbranched alkanes of at least 4 members (excludes halogenated alkanes) is 1. The molecule has 5 rings (SSSR count). The average Bonchev–Trinajstić information content (AvgIpc) is 3.14. The summed E-state index contributed by atoms with van der Waals surface area (Å²) in [7, 11) is 0. The molecule has 276 valence electrons. The molecule has 0 spiro atoms. The van der Waals surface area contributed by atoms with Gasteiger partial charge in [-0.1, -0.05) is 71.4 Å². The van der Waals surface area contributed by atoms with Gasteiger partial charge in [0, 0.05) is 42.7 Å². The van der Waals surface area contributed by atoms with Crippen LogP contribution in [0.5, 0.6) is 5.75 Å². The molecular formula is C42H48N6O5. The third kappa shape index (κ3) is 9.73. The number of pyridine rings is 2. The van der Waals surface area contributed by atoms with Crippen LogP contribution >= 0.6 is 0 Å². The van der Waals surface area contributed by atoms with Gasteiger partial charge in [0.2, 0.25) is 0 Å². The van der Waals surface area contributed by atoms with Crippen molar-refractivity contribution < 1.29 is 19.1 Å². The van der Waals surface area contributed by atoms with Crippen LogP contribution in [0.4, 0.5) is 27.5 Å². The van der Waals surface area contributed by atoms with Crippen LogP contribution in [0, 0.1) is 0 Å². The molecule has 2 N–H and O–H groups in total. The Morgan fingerprint density at radius 1 is 0.811 bits per heavy atom. The minimum absolute atomic E-state index is 0.0417. The van der Waals surface area contributed by atoms with Crippen LogP contribution in [0.3, 0.4) is 0 Å². The number of hydrogen-bond acceptors (Lipinski definition) is 8. The SMILES string of the molecule is CCCCn1c(=O)c(NC(=O)Nc2c(C(C)C)cc(N=Nc3ccccc3)cc2C(C)C)c(-c2cccc(OCCCOC(C)=O)c2)c2cccnc21. The first kappa shape index (κ1) is 38.4. The van der Waals surface area contributed by atoms with E-state index in [1.165, 1.54) is 6.92 Å². The molecular weight excluding hydrogens is 668 g/mol. The van der Waals surface area contributed by atoms with Gasteiger partial charge in [0.05, 0.1) is 24.6 Å². The summed E-state index contributed by atoms with van der Waals surface area (Å²) in [6, 6.07) is 24.0. The highest BCUT2D eigenvalue weighted by molar-refractivity contribution is 6.08. The fraction of sp³-hybridized carbons (Fsp3) is 0.333. The number of anilines is 2. The number of carbonyl (C=O) groups excluding carboxylic acids is 2. The molecule has 53 heavy (non-hydrogen) atoms. The Kier molecular flexibility index (Phi) is 13.1. The monoisotopic (exact) mass is 716 g/mol. The number of rotatable bonds is 15. The summed E-state index contributed by atoms with van der Waals surface area (Å²) in [5.74, 6) is 0.314. The molecule has 5 aromatic rings. The summed E-state index contributed by atoms with van der Waals surface area (Å²) in [5.41, 5.74) is 5.42. The topological polar surface area (TPSA) is 136 Å². The number of aromatic nitrogens is 2. The number of nitrogens with zero attached hydrogens (tertiary/aromatic N) is 4. The first-order valence-corrected chi connectivity index (χ1v) is 18.2. The van der Waals surface area contributed by atoms with Gasteiger partial charge in [0.25, 0.3) is 5.56 Å². The second-order valence-corrected chi connectivity index (χ2v) is 13.4. The minimum Gasteiger partial charge on any atom is -0.493 e. The molecule has 11 nitrogen and oxygen atoms in total. The number of ether oxygens (including phenoxy) is 2. The number of esters is 1. The number of benzene rings is 3. The van der Waals surface area contributed by atoms with E-state index in [2.05, 4.69) is 60.5 Å². The molecule has 0 radical (unpaired) electrons. The van der Waals surface area contributed by atoms with Gasteiger partial charge in [0.1, 0.15) is 17.1 Å². The summed E-state index contributed by atoms with van der Waals surface area (Å²) in [5, 5.41) is 15.8. The van der Waals surface area contributed by atoms with E-state index >= 15 is 0 Å². The fourth-order valence-corrected chi connectivity index (χ4v) is 6.08. The zero-order chi connectivity index (χ0) is 37.9. The van der Waals surface area contributed by atoms with Crippen molar-refractivity contribution in [3.8, 4) is 16.9 Å². The summed E-state index contributed by atoms with van der Waals surface area (Å²) >= 11 is 0. The Morgan fingerprint density at radius 3 is 2.19 bits per heavy atom. The van der Waals surface area contributed by atoms with Gasteiger partial charge < -0.3 is 20.1 Å². The Balaban J connectivity index is 1.55. The summed E-state index contributed by atoms with van der Waals surface area (Å²) in [6.45, 7) is 12.7. The fourth-order valence-electron chi connectivity index (χ4n) is 6.08. The van der Waals surface area contributed by atoms with Crippen LogP contribution < -0.4 is 20.9 Å². The molecule has 2 amide bonds. The maximum Gasteiger partial charge on any atom is 0.323 e. The van der Waals surface area contributed by atoms with Crippen molar-refractivity contribution in [1.82, 2.24) is 9.55 Å². The number of hydrogen-bond donors (Lipinski definition) is 2. The van der Waals surface area contributed by atoms with E-state index in [1.54, 1.807) is 10.8 Å². The molecule has 11 heteroatoms. The molecule has 0 unspecified atom stereocenters. The molecule has 0 atom stereocenters. The molecule has 2 heterocycles. The molecule has 0 bridgehead atoms. The van der Waals surface area contributed by atoms with Crippen LogP contribution in [0.25, 0.3) is 22.2 Å². The molecule has 2 aromatic heterocycles.